The fourth-order valence-corrected chi connectivity index (χ4v) is 2.43. The van der Waals surface area contributed by atoms with Crippen molar-refractivity contribution in [3.8, 4) is 0 Å². The number of imidazole rings is 1. The number of aryl methyl sites for hydroxylation is 3. The molecule has 1 aromatic heterocycles. The highest BCUT2D eigenvalue weighted by molar-refractivity contribution is 5.79. The van der Waals surface area contributed by atoms with Crippen LogP contribution in [0.1, 0.15) is 11.1 Å². The number of nitrogens with zero attached hydrogens (tertiary/aromatic N) is 2. The molecule has 0 fully saturated rings. The van der Waals surface area contributed by atoms with Crippen LogP contribution < -0.4 is 5.32 Å². The van der Waals surface area contributed by atoms with Crippen molar-refractivity contribution in [2.45, 2.75) is 13.8 Å². The number of fused-ring (bicyclic) bond motifs is 1. The first kappa shape index (κ1) is 11.8. The van der Waals surface area contributed by atoms with Gasteiger partial charge in [-0.05, 0) is 49.2 Å². The van der Waals surface area contributed by atoms with Gasteiger partial charge in [0.1, 0.15) is 0 Å². The van der Waals surface area contributed by atoms with Gasteiger partial charge in [0, 0.05) is 12.7 Å². The van der Waals surface area contributed by atoms with E-state index in [0.29, 0.717) is 0 Å². The number of anilines is 2. The van der Waals surface area contributed by atoms with Crippen molar-refractivity contribution in [1.82, 2.24) is 9.55 Å². The minimum absolute atomic E-state index is 0.867. The summed E-state index contributed by atoms with van der Waals surface area (Å²) in [5.41, 5.74) is 5.73. The van der Waals surface area contributed by atoms with Gasteiger partial charge in [0.2, 0.25) is 5.95 Å². The lowest BCUT2D eigenvalue weighted by Crippen LogP contribution is -1.99. The summed E-state index contributed by atoms with van der Waals surface area (Å²) in [5.74, 6) is 0.867. The predicted molar refractivity (Wildman–Crippen MR) is 79.9 cm³/mol. The molecule has 3 rings (SSSR count). The molecule has 0 spiro atoms. The van der Waals surface area contributed by atoms with Crippen LogP contribution in [0.25, 0.3) is 11.0 Å². The summed E-state index contributed by atoms with van der Waals surface area (Å²) >= 11 is 0. The van der Waals surface area contributed by atoms with E-state index in [1.807, 2.05) is 25.2 Å². The SMILES string of the molecule is Cc1cc(C)cc(Nc2nc3ccccc3n2C)c1. The minimum Gasteiger partial charge on any atom is -0.326 e. The highest BCUT2D eigenvalue weighted by Crippen LogP contribution is 2.22. The van der Waals surface area contributed by atoms with Gasteiger partial charge in [-0.25, -0.2) is 4.98 Å². The van der Waals surface area contributed by atoms with E-state index in [0.717, 1.165) is 22.7 Å². The Kier molecular flexibility index (Phi) is 2.75. The molecular formula is C16H17N3. The van der Waals surface area contributed by atoms with Gasteiger partial charge in [-0.1, -0.05) is 18.2 Å². The van der Waals surface area contributed by atoms with E-state index < -0.39 is 0 Å². The fourth-order valence-electron chi connectivity index (χ4n) is 2.43. The summed E-state index contributed by atoms with van der Waals surface area (Å²) in [6, 6.07) is 14.6. The highest BCUT2D eigenvalue weighted by Gasteiger charge is 2.07. The van der Waals surface area contributed by atoms with E-state index in [1.165, 1.54) is 11.1 Å². The lowest BCUT2D eigenvalue weighted by Gasteiger charge is -2.08. The Hall–Kier alpha value is -2.29. The van der Waals surface area contributed by atoms with Crippen molar-refractivity contribution >= 4 is 22.7 Å². The number of benzene rings is 2. The number of hydrogen-bond acceptors (Lipinski definition) is 2. The molecule has 0 bridgehead atoms. The number of rotatable bonds is 2. The van der Waals surface area contributed by atoms with Crippen molar-refractivity contribution in [3.05, 3.63) is 53.6 Å². The van der Waals surface area contributed by atoms with Gasteiger partial charge in [-0.3, -0.25) is 0 Å². The number of hydrogen-bond donors (Lipinski definition) is 1. The zero-order chi connectivity index (χ0) is 13.4. The van der Waals surface area contributed by atoms with Crippen LogP contribution >= 0.6 is 0 Å². The third-order valence-electron chi connectivity index (χ3n) is 3.26. The van der Waals surface area contributed by atoms with Crippen LogP contribution in [0.15, 0.2) is 42.5 Å². The molecule has 1 heterocycles. The summed E-state index contributed by atoms with van der Waals surface area (Å²) < 4.78 is 2.08. The van der Waals surface area contributed by atoms with Gasteiger partial charge in [0.25, 0.3) is 0 Å². The maximum Gasteiger partial charge on any atom is 0.208 e. The van der Waals surface area contributed by atoms with Gasteiger partial charge in [-0.2, -0.15) is 0 Å². The molecule has 3 heteroatoms. The minimum atomic E-state index is 0.867. The third-order valence-corrected chi connectivity index (χ3v) is 3.26. The average Bonchev–Trinajstić information content (AvgIpc) is 2.66. The summed E-state index contributed by atoms with van der Waals surface area (Å²) in [4.78, 5) is 4.62. The Labute approximate surface area is 112 Å². The molecule has 2 aromatic carbocycles. The van der Waals surface area contributed by atoms with Crippen molar-refractivity contribution < 1.29 is 0 Å². The lowest BCUT2D eigenvalue weighted by molar-refractivity contribution is 0.958. The highest BCUT2D eigenvalue weighted by atomic mass is 15.2. The third kappa shape index (κ3) is 2.19. The number of aromatic nitrogens is 2. The van der Waals surface area contributed by atoms with Crippen LogP contribution in [0.5, 0.6) is 0 Å². The zero-order valence-corrected chi connectivity index (χ0v) is 11.4. The Morgan fingerprint density at radius 1 is 1.00 bits per heavy atom. The van der Waals surface area contributed by atoms with Gasteiger partial charge >= 0.3 is 0 Å². The standard InChI is InChI=1S/C16H17N3/c1-11-8-12(2)10-13(9-11)17-16-18-14-6-4-5-7-15(14)19(16)3/h4-10H,1-3H3,(H,17,18). The first-order valence-electron chi connectivity index (χ1n) is 6.40. The first-order chi connectivity index (χ1) is 9.13. The molecule has 0 aliphatic carbocycles. The molecule has 1 N–H and O–H groups in total. The second-order valence-corrected chi connectivity index (χ2v) is 4.98. The van der Waals surface area contributed by atoms with Crippen molar-refractivity contribution in [3.63, 3.8) is 0 Å². The molecule has 3 aromatic rings. The molecular weight excluding hydrogens is 234 g/mol. The van der Waals surface area contributed by atoms with Crippen molar-refractivity contribution in [1.29, 1.82) is 0 Å². The smallest absolute Gasteiger partial charge is 0.208 e. The molecule has 0 aliphatic rings. The quantitative estimate of drug-likeness (QED) is 0.747. The Morgan fingerprint density at radius 2 is 1.68 bits per heavy atom. The molecule has 0 unspecified atom stereocenters. The predicted octanol–water partition coefficient (Wildman–Crippen LogP) is 3.93. The van der Waals surface area contributed by atoms with E-state index in [4.69, 9.17) is 0 Å². The van der Waals surface area contributed by atoms with E-state index >= 15 is 0 Å². The van der Waals surface area contributed by atoms with E-state index in [2.05, 4.69) is 53.0 Å². The molecule has 0 atom stereocenters. The van der Waals surface area contributed by atoms with Crippen LogP contribution in [-0.2, 0) is 7.05 Å². The maximum atomic E-state index is 4.62. The molecule has 0 saturated heterocycles. The van der Waals surface area contributed by atoms with E-state index in [-0.39, 0.29) is 0 Å². The van der Waals surface area contributed by atoms with E-state index in [9.17, 15) is 0 Å². The molecule has 3 nitrogen and oxygen atoms in total. The molecule has 19 heavy (non-hydrogen) atoms. The lowest BCUT2D eigenvalue weighted by atomic mass is 10.1. The van der Waals surface area contributed by atoms with Gasteiger partial charge < -0.3 is 9.88 Å². The molecule has 0 saturated carbocycles. The topological polar surface area (TPSA) is 29.9 Å². The molecule has 0 radical (unpaired) electrons. The molecule has 96 valence electrons. The van der Waals surface area contributed by atoms with Crippen molar-refractivity contribution in [2.24, 2.45) is 7.05 Å². The van der Waals surface area contributed by atoms with Gasteiger partial charge in [-0.15, -0.1) is 0 Å². The first-order valence-corrected chi connectivity index (χ1v) is 6.40. The van der Waals surface area contributed by atoms with Crippen LogP contribution in [0.2, 0.25) is 0 Å². The largest absolute Gasteiger partial charge is 0.326 e. The van der Waals surface area contributed by atoms with Gasteiger partial charge in [0.05, 0.1) is 11.0 Å². The van der Waals surface area contributed by atoms with Crippen LogP contribution in [0.3, 0.4) is 0 Å². The van der Waals surface area contributed by atoms with Gasteiger partial charge in [0.15, 0.2) is 0 Å². The van der Waals surface area contributed by atoms with Crippen molar-refractivity contribution in [2.75, 3.05) is 5.32 Å². The number of nitrogens with one attached hydrogen (secondary N) is 1. The maximum absolute atomic E-state index is 4.62. The fraction of sp³-hybridized carbons (Fsp3) is 0.188. The monoisotopic (exact) mass is 251 g/mol. The second kappa shape index (κ2) is 4.43. The van der Waals surface area contributed by atoms with E-state index in [1.54, 1.807) is 0 Å². The summed E-state index contributed by atoms with van der Waals surface area (Å²) in [6.07, 6.45) is 0. The number of para-hydroxylation sites is 2. The summed E-state index contributed by atoms with van der Waals surface area (Å²) in [7, 11) is 2.03. The second-order valence-electron chi connectivity index (χ2n) is 4.98. The van der Waals surface area contributed by atoms with Crippen LogP contribution in [-0.4, -0.2) is 9.55 Å². The molecule has 0 amide bonds. The molecule has 0 aliphatic heterocycles. The Balaban J connectivity index is 2.03. The summed E-state index contributed by atoms with van der Waals surface area (Å²) in [6.45, 7) is 4.21. The van der Waals surface area contributed by atoms with Crippen LogP contribution in [0, 0.1) is 13.8 Å². The Bertz CT molecular complexity index is 721. The average molecular weight is 251 g/mol. The normalized spacial score (nSPS) is 10.9. The van der Waals surface area contributed by atoms with Crippen LogP contribution in [0.4, 0.5) is 11.6 Å². The summed E-state index contributed by atoms with van der Waals surface area (Å²) in [5, 5.41) is 3.40. The zero-order valence-electron chi connectivity index (χ0n) is 11.4. The Morgan fingerprint density at radius 3 is 2.37 bits per heavy atom.